The molecule has 1 aliphatic rings. The number of carbonyl (C=O) groups is 1. The first-order chi connectivity index (χ1) is 5.69. The smallest absolute Gasteiger partial charge is 0.160 e. The zero-order valence-corrected chi connectivity index (χ0v) is 8.46. The van der Waals surface area contributed by atoms with E-state index in [4.69, 9.17) is 0 Å². The fraction of sp³-hybridized carbons (Fsp3) is 0.700. The molecule has 2 heteroatoms. The standard InChI is InChI=1S/C10H14OS/c1-3-4-6-9(11)10(2)7-5-8-12-10/h5-8H2,1-2H3. The highest BCUT2D eigenvalue weighted by atomic mass is 32.2. The molecule has 1 saturated heterocycles. The maximum absolute atomic E-state index is 11.6. The molecule has 1 atom stereocenters. The lowest BCUT2D eigenvalue weighted by atomic mass is 9.98. The van der Waals surface area contributed by atoms with Gasteiger partial charge in [-0.2, -0.15) is 0 Å². The van der Waals surface area contributed by atoms with E-state index in [1.54, 1.807) is 18.7 Å². The van der Waals surface area contributed by atoms with Crippen LogP contribution in [0.2, 0.25) is 0 Å². The van der Waals surface area contributed by atoms with Crippen LogP contribution in [0.25, 0.3) is 0 Å². The van der Waals surface area contributed by atoms with Gasteiger partial charge in [-0.05, 0) is 32.4 Å². The van der Waals surface area contributed by atoms with Gasteiger partial charge in [0.25, 0.3) is 0 Å². The van der Waals surface area contributed by atoms with E-state index < -0.39 is 0 Å². The first-order valence-corrected chi connectivity index (χ1v) is 5.24. The van der Waals surface area contributed by atoms with E-state index in [0.29, 0.717) is 12.2 Å². The Morgan fingerprint density at radius 3 is 2.92 bits per heavy atom. The van der Waals surface area contributed by atoms with Gasteiger partial charge < -0.3 is 0 Å². The highest BCUT2D eigenvalue weighted by Crippen LogP contribution is 2.38. The van der Waals surface area contributed by atoms with Crippen LogP contribution in [0, 0.1) is 11.8 Å². The highest BCUT2D eigenvalue weighted by Gasteiger charge is 2.35. The zero-order chi connectivity index (χ0) is 9.03. The Morgan fingerprint density at radius 1 is 1.67 bits per heavy atom. The van der Waals surface area contributed by atoms with Crippen molar-refractivity contribution in [2.45, 2.75) is 37.9 Å². The topological polar surface area (TPSA) is 17.1 Å². The van der Waals surface area contributed by atoms with E-state index in [2.05, 4.69) is 11.8 Å². The molecule has 66 valence electrons. The van der Waals surface area contributed by atoms with Gasteiger partial charge in [0.1, 0.15) is 0 Å². The minimum atomic E-state index is -0.121. The average molecular weight is 182 g/mol. The number of hydrogen-bond acceptors (Lipinski definition) is 2. The molecule has 0 aromatic rings. The van der Waals surface area contributed by atoms with Gasteiger partial charge in [0.2, 0.25) is 0 Å². The van der Waals surface area contributed by atoms with E-state index in [1.165, 1.54) is 6.42 Å². The summed E-state index contributed by atoms with van der Waals surface area (Å²) in [6.07, 6.45) is 2.63. The summed E-state index contributed by atoms with van der Waals surface area (Å²) in [6, 6.07) is 0. The molecule has 1 unspecified atom stereocenters. The number of thioether (sulfide) groups is 1. The molecular formula is C10H14OS. The Labute approximate surface area is 78.3 Å². The Bertz CT molecular complexity index is 228. The number of hydrogen-bond donors (Lipinski definition) is 0. The van der Waals surface area contributed by atoms with Gasteiger partial charge >= 0.3 is 0 Å². The summed E-state index contributed by atoms with van der Waals surface area (Å²) >= 11 is 1.79. The molecule has 0 N–H and O–H groups in total. The lowest BCUT2D eigenvalue weighted by Gasteiger charge is -2.18. The molecule has 1 aliphatic heterocycles. The molecule has 1 nitrogen and oxygen atoms in total. The van der Waals surface area contributed by atoms with Crippen LogP contribution in [0.3, 0.4) is 0 Å². The first kappa shape index (κ1) is 9.67. The largest absolute Gasteiger partial charge is 0.297 e. The molecule has 0 spiro atoms. The number of ketones is 1. The maximum atomic E-state index is 11.6. The first-order valence-electron chi connectivity index (χ1n) is 4.26. The summed E-state index contributed by atoms with van der Waals surface area (Å²) in [6.45, 7) is 3.82. The third kappa shape index (κ3) is 2.04. The second-order valence-corrected chi connectivity index (χ2v) is 4.81. The quantitative estimate of drug-likeness (QED) is 0.609. The molecule has 1 heterocycles. The van der Waals surface area contributed by atoms with Gasteiger partial charge in [0, 0.05) is 0 Å². The summed E-state index contributed by atoms with van der Waals surface area (Å²) in [7, 11) is 0. The van der Waals surface area contributed by atoms with Crippen molar-refractivity contribution >= 4 is 17.5 Å². The van der Waals surface area contributed by atoms with Crippen LogP contribution in [0.15, 0.2) is 0 Å². The van der Waals surface area contributed by atoms with Crippen molar-refractivity contribution in [1.82, 2.24) is 0 Å². The van der Waals surface area contributed by atoms with Crippen LogP contribution in [-0.2, 0) is 4.79 Å². The minimum absolute atomic E-state index is 0.121. The normalized spacial score (nSPS) is 27.8. The molecule has 0 aromatic carbocycles. The van der Waals surface area contributed by atoms with Crippen LogP contribution in [0.1, 0.15) is 33.1 Å². The number of rotatable bonds is 2. The average Bonchev–Trinajstić information content (AvgIpc) is 2.49. The van der Waals surface area contributed by atoms with Crippen molar-refractivity contribution in [3.63, 3.8) is 0 Å². The van der Waals surface area contributed by atoms with E-state index >= 15 is 0 Å². The summed E-state index contributed by atoms with van der Waals surface area (Å²) in [4.78, 5) is 11.6. The van der Waals surface area contributed by atoms with Crippen LogP contribution >= 0.6 is 11.8 Å². The van der Waals surface area contributed by atoms with Crippen LogP contribution < -0.4 is 0 Å². The Hall–Kier alpha value is -0.420. The van der Waals surface area contributed by atoms with E-state index in [9.17, 15) is 4.79 Å². The van der Waals surface area contributed by atoms with Gasteiger partial charge in [0.05, 0.1) is 11.2 Å². The molecule has 0 radical (unpaired) electrons. The predicted octanol–water partition coefficient (Wildman–Crippen LogP) is 2.25. The van der Waals surface area contributed by atoms with Gasteiger partial charge in [-0.3, -0.25) is 4.79 Å². The molecule has 0 aromatic heterocycles. The molecule has 1 rings (SSSR count). The lowest BCUT2D eigenvalue weighted by Crippen LogP contribution is -2.27. The van der Waals surface area contributed by atoms with Crippen molar-refractivity contribution in [1.29, 1.82) is 0 Å². The summed E-state index contributed by atoms with van der Waals surface area (Å²) in [5.74, 6) is 7.03. The Morgan fingerprint density at radius 2 is 2.42 bits per heavy atom. The lowest BCUT2D eigenvalue weighted by molar-refractivity contribution is -0.120. The second-order valence-electron chi connectivity index (χ2n) is 3.21. The van der Waals surface area contributed by atoms with Crippen molar-refractivity contribution in [2.24, 2.45) is 0 Å². The van der Waals surface area contributed by atoms with E-state index in [0.717, 1.165) is 12.2 Å². The summed E-state index contributed by atoms with van der Waals surface area (Å²) in [5.41, 5.74) is 0. The van der Waals surface area contributed by atoms with Crippen molar-refractivity contribution < 1.29 is 4.79 Å². The van der Waals surface area contributed by atoms with Gasteiger partial charge in [0.15, 0.2) is 5.78 Å². The molecule has 0 saturated carbocycles. The van der Waals surface area contributed by atoms with Crippen LogP contribution in [0.5, 0.6) is 0 Å². The fourth-order valence-electron chi connectivity index (χ4n) is 1.35. The number of Topliss-reactive ketones (excluding diaryl/α,β-unsaturated/α-hetero) is 1. The van der Waals surface area contributed by atoms with Crippen molar-refractivity contribution in [3.8, 4) is 11.8 Å². The zero-order valence-electron chi connectivity index (χ0n) is 7.64. The minimum Gasteiger partial charge on any atom is -0.297 e. The number of carbonyl (C=O) groups excluding carboxylic acids is 1. The SMILES string of the molecule is CC#CCC(=O)C1(C)CCCS1. The van der Waals surface area contributed by atoms with Crippen LogP contribution in [0.4, 0.5) is 0 Å². The van der Waals surface area contributed by atoms with Crippen molar-refractivity contribution in [3.05, 3.63) is 0 Å². The van der Waals surface area contributed by atoms with E-state index in [-0.39, 0.29) is 4.75 Å². The monoisotopic (exact) mass is 182 g/mol. The summed E-state index contributed by atoms with van der Waals surface area (Å²) in [5, 5.41) is 0. The molecule has 1 fully saturated rings. The Balaban J connectivity index is 2.53. The maximum Gasteiger partial charge on any atom is 0.160 e. The van der Waals surface area contributed by atoms with Crippen LogP contribution in [-0.4, -0.2) is 16.3 Å². The highest BCUT2D eigenvalue weighted by molar-refractivity contribution is 8.01. The molecule has 12 heavy (non-hydrogen) atoms. The van der Waals surface area contributed by atoms with E-state index in [1.807, 2.05) is 6.92 Å². The molecule has 0 bridgehead atoms. The molecule has 0 aliphatic carbocycles. The van der Waals surface area contributed by atoms with Crippen molar-refractivity contribution in [2.75, 3.05) is 5.75 Å². The summed E-state index contributed by atoms with van der Waals surface area (Å²) < 4.78 is -0.121. The third-order valence-corrected chi connectivity index (χ3v) is 3.80. The second kappa shape index (κ2) is 4.00. The molecule has 0 amide bonds. The fourth-order valence-corrected chi connectivity index (χ4v) is 2.62. The van der Waals surface area contributed by atoms with Gasteiger partial charge in [-0.15, -0.1) is 17.7 Å². The Kier molecular flexibility index (Phi) is 3.22. The third-order valence-electron chi connectivity index (χ3n) is 2.23. The predicted molar refractivity (Wildman–Crippen MR) is 53.2 cm³/mol. The van der Waals surface area contributed by atoms with Gasteiger partial charge in [-0.25, -0.2) is 0 Å². The molecular weight excluding hydrogens is 168 g/mol. The van der Waals surface area contributed by atoms with Gasteiger partial charge in [-0.1, -0.05) is 5.92 Å².